The minimum absolute atomic E-state index is 0.107. The van der Waals surface area contributed by atoms with Crippen LogP contribution in [0.15, 0.2) is 24.3 Å². The number of amides is 1. The van der Waals surface area contributed by atoms with Crippen LogP contribution in [0.5, 0.6) is 0 Å². The summed E-state index contributed by atoms with van der Waals surface area (Å²) in [5.74, 6) is 0.107. The summed E-state index contributed by atoms with van der Waals surface area (Å²) in [6.07, 6.45) is 0.994. The molecule has 0 aliphatic heterocycles. The molecule has 0 saturated heterocycles. The van der Waals surface area contributed by atoms with Crippen molar-refractivity contribution in [3.05, 3.63) is 35.4 Å². The van der Waals surface area contributed by atoms with E-state index >= 15 is 0 Å². The number of hydrogen-bond acceptors (Lipinski definition) is 1. The van der Waals surface area contributed by atoms with Gasteiger partial charge in [0.2, 0.25) is 0 Å². The molecule has 0 radical (unpaired) electrons. The van der Waals surface area contributed by atoms with Gasteiger partial charge in [0.1, 0.15) is 0 Å². The van der Waals surface area contributed by atoms with Crippen LogP contribution in [0.25, 0.3) is 0 Å². The van der Waals surface area contributed by atoms with Crippen LogP contribution < -0.4 is 0 Å². The second kappa shape index (κ2) is 4.80. The molecule has 0 saturated carbocycles. The van der Waals surface area contributed by atoms with E-state index in [1.54, 1.807) is 4.90 Å². The molecule has 1 aromatic rings. The van der Waals surface area contributed by atoms with Crippen molar-refractivity contribution in [2.75, 3.05) is 13.6 Å². The molecule has 14 heavy (non-hydrogen) atoms. The fourth-order valence-electron chi connectivity index (χ4n) is 1.44. The Morgan fingerprint density at radius 2 is 2.14 bits per heavy atom. The van der Waals surface area contributed by atoms with Gasteiger partial charge in [-0.1, -0.05) is 24.6 Å². The molecule has 2 nitrogen and oxygen atoms in total. The van der Waals surface area contributed by atoms with Gasteiger partial charge in [-0.05, 0) is 25.5 Å². The monoisotopic (exact) mass is 191 g/mol. The maximum atomic E-state index is 11.8. The van der Waals surface area contributed by atoms with Gasteiger partial charge in [0.25, 0.3) is 5.91 Å². The van der Waals surface area contributed by atoms with Crippen molar-refractivity contribution < 1.29 is 4.79 Å². The van der Waals surface area contributed by atoms with Crippen LogP contribution in [0, 0.1) is 6.92 Å². The second-order valence-corrected chi connectivity index (χ2v) is 3.60. The molecule has 0 aromatic heterocycles. The summed E-state index contributed by atoms with van der Waals surface area (Å²) in [7, 11) is 1.84. The first-order chi connectivity index (χ1) is 6.65. The Kier molecular flexibility index (Phi) is 3.69. The van der Waals surface area contributed by atoms with Gasteiger partial charge in [0.05, 0.1) is 0 Å². The van der Waals surface area contributed by atoms with E-state index in [0.717, 1.165) is 24.1 Å². The SMILES string of the molecule is CCCN(C)C(=O)c1cccc(C)c1. The van der Waals surface area contributed by atoms with Crippen molar-refractivity contribution in [1.29, 1.82) is 0 Å². The molecule has 0 spiro atoms. The molecule has 0 unspecified atom stereocenters. The molecule has 0 aliphatic rings. The second-order valence-electron chi connectivity index (χ2n) is 3.60. The molecule has 2 heteroatoms. The third kappa shape index (κ3) is 2.59. The molecule has 1 rings (SSSR count). The Hall–Kier alpha value is -1.31. The minimum Gasteiger partial charge on any atom is -0.342 e. The number of nitrogens with zero attached hydrogens (tertiary/aromatic N) is 1. The van der Waals surface area contributed by atoms with Gasteiger partial charge in [0.15, 0.2) is 0 Å². The highest BCUT2D eigenvalue weighted by Crippen LogP contribution is 2.06. The zero-order valence-electron chi connectivity index (χ0n) is 9.08. The van der Waals surface area contributed by atoms with Gasteiger partial charge < -0.3 is 4.90 Å². The molecule has 1 amide bonds. The molecule has 0 bridgehead atoms. The van der Waals surface area contributed by atoms with Gasteiger partial charge in [-0.25, -0.2) is 0 Å². The average Bonchev–Trinajstić information content (AvgIpc) is 2.17. The van der Waals surface area contributed by atoms with Crippen LogP contribution in [0.4, 0.5) is 0 Å². The van der Waals surface area contributed by atoms with Crippen LogP contribution in [-0.2, 0) is 0 Å². The molecular weight excluding hydrogens is 174 g/mol. The number of carbonyl (C=O) groups is 1. The fourth-order valence-corrected chi connectivity index (χ4v) is 1.44. The first-order valence-corrected chi connectivity index (χ1v) is 4.97. The van der Waals surface area contributed by atoms with Gasteiger partial charge in [-0.3, -0.25) is 4.79 Å². The lowest BCUT2D eigenvalue weighted by atomic mass is 10.1. The minimum atomic E-state index is 0.107. The Labute approximate surface area is 85.5 Å². The zero-order chi connectivity index (χ0) is 10.6. The van der Waals surface area contributed by atoms with Crippen molar-refractivity contribution in [3.8, 4) is 0 Å². The third-order valence-corrected chi connectivity index (χ3v) is 2.17. The number of hydrogen-bond donors (Lipinski definition) is 0. The Balaban J connectivity index is 2.78. The van der Waals surface area contributed by atoms with Crippen LogP contribution in [0.2, 0.25) is 0 Å². The van der Waals surface area contributed by atoms with Crippen molar-refractivity contribution in [2.45, 2.75) is 20.3 Å². The topological polar surface area (TPSA) is 20.3 Å². The number of aryl methyl sites for hydroxylation is 1. The molecule has 1 aromatic carbocycles. The normalized spacial score (nSPS) is 9.93. The summed E-state index contributed by atoms with van der Waals surface area (Å²) < 4.78 is 0. The van der Waals surface area contributed by atoms with Crippen LogP contribution in [0.3, 0.4) is 0 Å². The van der Waals surface area contributed by atoms with Gasteiger partial charge in [-0.15, -0.1) is 0 Å². The highest BCUT2D eigenvalue weighted by Gasteiger charge is 2.09. The van der Waals surface area contributed by atoms with E-state index in [4.69, 9.17) is 0 Å². The predicted octanol–water partition coefficient (Wildman–Crippen LogP) is 2.48. The van der Waals surface area contributed by atoms with Gasteiger partial charge in [-0.2, -0.15) is 0 Å². The fraction of sp³-hybridized carbons (Fsp3) is 0.417. The maximum absolute atomic E-state index is 11.8. The molecule has 0 fully saturated rings. The van der Waals surface area contributed by atoms with E-state index in [1.807, 2.05) is 38.2 Å². The summed E-state index contributed by atoms with van der Waals surface area (Å²) in [5, 5.41) is 0. The van der Waals surface area contributed by atoms with Crippen molar-refractivity contribution >= 4 is 5.91 Å². The predicted molar refractivity (Wildman–Crippen MR) is 58.4 cm³/mol. The van der Waals surface area contributed by atoms with E-state index in [0.29, 0.717) is 0 Å². The number of benzene rings is 1. The maximum Gasteiger partial charge on any atom is 0.253 e. The Morgan fingerprint density at radius 1 is 1.43 bits per heavy atom. The van der Waals surface area contributed by atoms with Crippen molar-refractivity contribution in [3.63, 3.8) is 0 Å². The number of rotatable bonds is 3. The molecular formula is C12H17NO. The largest absolute Gasteiger partial charge is 0.342 e. The van der Waals surface area contributed by atoms with Crippen LogP contribution in [-0.4, -0.2) is 24.4 Å². The molecule has 0 heterocycles. The van der Waals surface area contributed by atoms with E-state index in [2.05, 4.69) is 6.92 Å². The summed E-state index contributed by atoms with van der Waals surface area (Å²) in [4.78, 5) is 13.6. The quantitative estimate of drug-likeness (QED) is 0.718. The molecule has 0 atom stereocenters. The van der Waals surface area contributed by atoms with Crippen molar-refractivity contribution in [2.24, 2.45) is 0 Å². The highest BCUT2D eigenvalue weighted by molar-refractivity contribution is 5.94. The summed E-state index contributed by atoms with van der Waals surface area (Å²) >= 11 is 0. The molecule has 76 valence electrons. The smallest absolute Gasteiger partial charge is 0.253 e. The summed E-state index contributed by atoms with van der Waals surface area (Å²) in [6.45, 7) is 4.88. The molecule has 0 N–H and O–H groups in total. The lowest BCUT2D eigenvalue weighted by Gasteiger charge is -2.16. The van der Waals surface area contributed by atoms with Crippen LogP contribution >= 0.6 is 0 Å². The van der Waals surface area contributed by atoms with Gasteiger partial charge >= 0.3 is 0 Å². The average molecular weight is 191 g/mol. The van der Waals surface area contributed by atoms with E-state index in [9.17, 15) is 4.79 Å². The van der Waals surface area contributed by atoms with Gasteiger partial charge in [0, 0.05) is 19.2 Å². The lowest BCUT2D eigenvalue weighted by molar-refractivity contribution is 0.0795. The lowest BCUT2D eigenvalue weighted by Crippen LogP contribution is -2.27. The summed E-state index contributed by atoms with van der Waals surface area (Å²) in [6, 6.07) is 7.70. The first kappa shape index (κ1) is 10.8. The Morgan fingerprint density at radius 3 is 2.71 bits per heavy atom. The number of carbonyl (C=O) groups excluding carboxylic acids is 1. The highest BCUT2D eigenvalue weighted by atomic mass is 16.2. The van der Waals surface area contributed by atoms with Crippen molar-refractivity contribution in [1.82, 2.24) is 4.90 Å². The van der Waals surface area contributed by atoms with Crippen LogP contribution in [0.1, 0.15) is 29.3 Å². The van der Waals surface area contributed by atoms with E-state index in [1.165, 1.54) is 0 Å². The standard InChI is InChI=1S/C12H17NO/c1-4-8-13(3)12(14)11-7-5-6-10(2)9-11/h5-7,9H,4,8H2,1-3H3. The van der Waals surface area contributed by atoms with E-state index in [-0.39, 0.29) is 5.91 Å². The Bertz CT molecular complexity index is 320. The summed E-state index contributed by atoms with van der Waals surface area (Å²) in [5.41, 5.74) is 1.90. The first-order valence-electron chi connectivity index (χ1n) is 4.97. The third-order valence-electron chi connectivity index (χ3n) is 2.17. The van der Waals surface area contributed by atoms with E-state index < -0.39 is 0 Å². The molecule has 0 aliphatic carbocycles. The zero-order valence-corrected chi connectivity index (χ0v) is 9.08.